The second-order valence-corrected chi connectivity index (χ2v) is 14.3. The summed E-state index contributed by atoms with van der Waals surface area (Å²) in [4.78, 5) is 0. The van der Waals surface area contributed by atoms with Crippen molar-refractivity contribution in [1.82, 2.24) is 21.3 Å². The predicted molar refractivity (Wildman–Crippen MR) is 167 cm³/mol. The number of fused-ring (bicyclic) bond motifs is 9. The Morgan fingerprint density at radius 1 is 0.319 bits per heavy atom. The molecule has 0 spiro atoms. The third-order valence-corrected chi connectivity index (χ3v) is 12.0. The van der Waals surface area contributed by atoms with Gasteiger partial charge in [-0.1, -0.05) is 18.2 Å². The molecule has 4 nitrogen and oxygen atoms in total. The maximum atomic E-state index is 15.6. The zero-order chi connectivity index (χ0) is 32.4. The van der Waals surface area contributed by atoms with Gasteiger partial charge in [-0.3, -0.25) is 0 Å². The minimum absolute atomic E-state index is 0.0142. The molecule has 250 valence electrons. The van der Waals surface area contributed by atoms with E-state index in [1.54, 1.807) is 0 Å². The molecular weight excluding hydrogens is 614 g/mol. The molecule has 5 saturated heterocycles. The van der Waals surface area contributed by atoms with Crippen LogP contribution in [0.15, 0.2) is 54.6 Å². The monoisotopic (exact) mass is 654 g/mol. The lowest BCUT2D eigenvalue weighted by Crippen LogP contribution is -2.50. The first-order valence-electron chi connectivity index (χ1n) is 17.1. The van der Waals surface area contributed by atoms with Crippen molar-refractivity contribution >= 4 is 0 Å². The average molecular weight is 655 g/mol. The van der Waals surface area contributed by atoms with Gasteiger partial charge in [0.1, 0.15) is 34.9 Å². The molecule has 8 rings (SSSR count). The molecule has 3 aromatic carbocycles. The van der Waals surface area contributed by atoms with Crippen LogP contribution in [-0.2, 0) is 0 Å². The van der Waals surface area contributed by atoms with Crippen LogP contribution in [-0.4, -0.2) is 48.3 Å². The molecule has 10 unspecified atom stereocenters. The van der Waals surface area contributed by atoms with Gasteiger partial charge in [-0.2, -0.15) is 0 Å². The van der Waals surface area contributed by atoms with Crippen molar-refractivity contribution in [3.63, 3.8) is 0 Å². The standard InChI is InChI=1S/C37H40F6N4/c38-18-4-1-5-19(39)32(18)35-26-12-10-24(44-26)25-11-13-27(45-25)36(33-20(40)6-2-7-21(33)41)29-15-17-31(47-29)37(30-16-14-28(35)46-30)34-22(42)8-3-9-23(34)43/h1-9,24-31,35-37,44-47H,10-17H2. The van der Waals surface area contributed by atoms with E-state index in [-0.39, 0.29) is 52.9 Å². The molecular formula is C37H40F6N4. The van der Waals surface area contributed by atoms with Gasteiger partial charge >= 0.3 is 0 Å². The molecule has 10 atom stereocenters. The molecule has 0 radical (unpaired) electrons. The first-order valence-corrected chi connectivity index (χ1v) is 17.1. The molecule has 47 heavy (non-hydrogen) atoms. The Hall–Kier alpha value is -2.92. The van der Waals surface area contributed by atoms with E-state index in [0.29, 0.717) is 38.5 Å². The zero-order valence-electron chi connectivity index (χ0n) is 26.0. The number of benzene rings is 3. The van der Waals surface area contributed by atoms with E-state index in [2.05, 4.69) is 21.3 Å². The lowest BCUT2D eigenvalue weighted by Gasteiger charge is -2.35. The molecule has 0 aliphatic carbocycles. The molecule has 10 heteroatoms. The molecule has 5 aliphatic heterocycles. The molecule has 4 N–H and O–H groups in total. The summed E-state index contributed by atoms with van der Waals surface area (Å²) in [6, 6.07) is 9.81. The largest absolute Gasteiger partial charge is 0.310 e. The molecule has 3 aromatic rings. The summed E-state index contributed by atoms with van der Waals surface area (Å²) in [6.45, 7) is 0. The quantitative estimate of drug-likeness (QED) is 0.239. The van der Waals surface area contributed by atoms with Crippen molar-refractivity contribution in [2.75, 3.05) is 0 Å². The van der Waals surface area contributed by atoms with Crippen LogP contribution in [0.2, 0.25) is 0 Å². The Morgan fingerprint density at radius 3 is 0.745 bits per heavy atom. The summed E-state index contributed by atoms with van der Waals surface area (Å²) < 4.78 is 93.4. The van der Waals surface area contributed by atoms with Gasteiger partial charge in [-0.15, -0.1) is 0 Å². The van der Waals surface area contributed by atoms with E-state index >= 15 is 26.3 Å². The fraction of sp³-hybridized carbons (Fsp3) is 0.514. The maximum Gasteiger partial charge on any atom is 0.129 e. The van der Waals surface area contributed by atoms with E-state index in [9.17, 15) is 0 Å². The average Bonchev–Trinajstić information content (AvgIpc) is 3.86. The Labute approximate surface area is 271 Å². The minimum Gasteiger partial charge on any atom is -0.310 e. The molecule has 5 aliphatic rings. The van der Waals surface area contributed by atoms with Crippen LogP contribution in [0.4, 0.5) is 26.3 Å². The minimum atomic E-state index is -0.665. The van der Waals surface area contributed by atoms with Crippen LogP contribution in [0, 0.1) is 34.9 Å². The highest BCUT2D eigenvalue weighted by atomic mass is 19.2. The molecule has 0 saturated carbocycles. The van der Waals surface area contributed by atoms with Crippen molar-refractivity contribution in [2.24, 2.45) is 0 Å². The molecule has 0 aromatic heterocycles. The summed E-state index contributed by atoms with van der Waals surface area (Å²) in [6.07, 6.45) is 5.19. The van der Waals surface area contributed by atoms with Gasteiger partial charge in [0.05, 0.1) is 0 Å². The van der Waals surface area contributed by atoms with Gasteiger partial charge in [0.25, 0.3) is 0 Å². The smallest absolute Gasteiger partial charge is 0.129 e. The molecule has 8 bridgehead atoms. The summed E-state index contributed by atoms with van der Waals surface area (Å²) in [5.41, 5.74) is 0.0368. The Balaban J connectivity index is 1.25. The topological polar surface area (TPSA) is 48.1 Å². The zero-order valence-corrected chi connectivity index (χ0v) is 26.0. The molecule has 0 amide bonds. The normalized spacial score (nSPS) is 36.8. The van der Waals surface area contributed by atoms with Crippen LogP contribution >= 0.6 is 0 Å². The number of halogens is 6. The van der Waals surface area contributed by atoms with Gasteiger partial charge in [0, 0.05) is 82.8 Å². The van der Waals surface area contributed by atoms with Crippen molar-refractivity contribution < 1.29 is 26.3 Å². The highest BCUT2D eigenvalue weighted by molar-refractivity contribution is 5.34. The maximum absolute atomic E-state index is 15.6. The van der Waals surface area contributed by atoms with Crippen LogP contribution in [0.1, 0.15) is 85.8 Å². The second kappa shape index (κ2) is 12.5. The number of nitrogens with one attached hydrogen (secondary N) is 4. The third kappa shape index (κ3) is 5.49. The van der Waals surface area contributed by atoms with Gasteiger partial charge in [0.2, 0.25) is 0 Å². The van der Waals surface area contributed by atoms with Gasteiger partial charge < -0.3 is 21.3 Å². The lowest BCUT2D eigenvalue weighted by atomic mass is 9.82. The van der Waals surface area contributed by atoms with E-state index in [1.807, 2.05) is 0 Å². The summed E-state index contributed by atoms with van der Waals surface area (Å²) in [5.74, 6) is -5.49. The van der Waals surface area contributed by atoms with E-state index in [1.165, 1.54) is 54.6 Å². The fourth-order valence-corrected chi connectivity index (χ4v) is 10.1. The highest BCUT2D eigenvalue weighted by Gasteiger charge is 2.50. The fourth-order valence-electron chi connectivity index (χ4n) is 10.1. The predicted octanol–water partition coefficient (Wildman–Crippen LogP) is 6.67. The van der Waals surface area contributed by atoms with Gasteiger partial charge in [-0.25, -0.2) is 26.3 Å². The SMILES string of the molecule is Fc1cccc(F)c1C1C2CCC(N2)C2CCC(N2)C(c2c(F)cccc2F)C2CCC(N2)C(c2c(F)cccc2F)C2CCC1N2. The Morgan fingerprint density at radius 2 is 0.511 bits per heavy atom. The first-order chi connectivity index (χ1) is 22.8. The third-order valence-electron chi connectivity index (χ3n) is 12.0. The van der Waals surface area contributed by atoms with Crippen molar-refractivity contribution in [3.8, 4) is 0 Å². The number of hydrogen-bond donors (Lipinski definition) is 4. The molecule has 5 fully saturated rings. The van der Waals surface area contributed by atoms with Gasteiger partial charge in [0.15, 0.2) is 0 Å². The van der Waals surface area contributed by atoms with E-state index in [0.717, 1.165) is 12.8 Å². The van der Waals surface area contributed by atoms with Crippen LogP contribution in [0.5, 0.6) is 0 Å². The van der Waals surface area contributed by atoms with Gasteiger partial charge in [-0.05, 0) is 87.8 Å². The number of rotatable bonds is 3. The van der Waals surface area contributed by atoms with Crippen molar-refractivity contribution in [1.29, 1.82) is 0 Å². The van der Waals surface area contributed by atoms with Crippen LogP contribution < -0.4 is 21.3 Å². The van der Waals surface area contributed by atoms with Crippen molar-refractivity contribution in [3.05, 3.63) is 106 Å². The highest BCUT2D eigenvalue weighted by Crippen LogP contribution is 2.46. The lowest BCUT2D eigenvalue weighted by molar-refractivity contribution is 0.312. The van der Waals surface area contributed by atoms with E-state index in [4.69, 9.17) is 0 Å². The summed E-state index contributed by atoms with van der Waals surface area (Å²) >= 11 is 0. The summed E-state index contributed by atoms with van der Waals surface area (Å²) in [7, 11) is 0. The number of hydrogen-bond acceptors (Lipinski definition) is 4. The van der Waals surface area contributed by atoms with Crippen LogP contribution in [0.25, 0.3) is 0 Å². The Bertz CT molecular complexity index is 1480. The molecule has 5 heterocycles. The van der Waals surface area contributed by atoms with Crippen molar-refractivity contribution in [2.45, 2.75) is 117 Å². The second-order valence-electron chi connectivity index (χ2n) is 14.3. The van der Waals surface area contributed by atoms with E-state index < -0.39 is 64.7 Å². The Kier molecular flexibility index (Phi) is 8.35. The first kappa shape index (κ1) is 31.4. The summed E-state index contributed by atoms with van der Waals surface area (Å²) in [5, 5.41) is 14.7. The van der Waals surface area contributed by atoms with Crippen LogP contribution in [0.3, 0.4) is 0 Å².